The number of allylic oxidation sites excluding steroid dienone is 1. The van der Waals surface area contributed by atoms with Crippen molar-refractivity contribution in [2.24, 2.45) is 0 Å². The lowest BCUT2D eigenvalue weighted by Crippen LogP contribution is -2.41. The summed E-state index contributed by atoms with van der Waals surface area (Å²) in [6.07, 6.45) is 1.48. The van der Waals surface area contributed by atoms with Gasteiger partial charge in [-0.3, -0.25) is 14.5 Å². The highest BCUT2D eigenvalue weighted by Crippen LogP contribution is 2.46. The molecule has 2 heterocycles. The predicted octanol–water partition coefficient (Wildman–Crippen LogP) is 3.94. The van der Waals surface area contributed by atoms with Gasteiger partial charge in [0.15, 0.2) is 5.78 Å². The Morgan fingerprint density at radius 1 is 1.09 bits per heavy atom. The van der Waals surface area contributed by atoms with Gasteiger partial charge in [0.25, 0.3) is 5.91 Å². The third-order valence-electron chi connectivity index (χ3n) is 6.48. The third-order valence-corrected chi connectivity index (χ3v) is 6.48. The summed E-state index contributed by atoms with van der Waals surface area (Å²) in [4.78, 5) is 41.5. The lowest BCUT2D eigenvalue weighted by Gasteiger charge is -2.24. The predicted molar refractivity (Wildman–Crippen MR) is 122 cm³/mol. The number of alkyl halides is 2. The van der Waals surface area contributed by atoms with Crippen LogP contribution in [-0.2, 0) is 20.5 Å². The van der Waals surface area contributed by atoms with E-state index in [9.17, 15) is 23.2 Å². The van der Waals surface area contributed by atoms with E-state index in [4.69, 9.17) is 0 Å². The minimum absolute atomic E-state index is 0.0675. The molecule has 0 spiro atoms. The van der Waals surface area contributed by atoms with Crippen LogP contribution in [0.3, 0.4) is 0 Å². The minimum Gasteiger partial charge on any atom is -0.435 e. The van der Waals surface area contributed by atoms with Crippen molar-refractivity contribution < 1.29 is 27.9 Å². The van der Waals surface area contributed by atoms with Crippen molar-refractivity contribution in [1.82, 2.24) is 10.2 Å². The number of carbonyl (C=O) groups is 3. The summed E-state index contributed by atoms with van der Waals surface area (Å²) < 4.78 is 29.1. The molecular formula is C25H25F2N3O4. The standard InChI is InChI=1S/C25H25F2N3O4/c1-24(2)18-7-5-6-8-19(18)29(4)20(24)13-16(31)14-30-21(32)25(3,28-23(30)33)15-9-11-17(12-10-15)34-22(26)27/h5-13,22H,14H2,1-4H3,(H,28,33)/b20-13-/t25-/m1/s1. The number of amides is 3. The molecule has 178 valence electrons. The zero-order chi connectivity index (χ0) is 24.8. The minimum atomic E-state index is -2.97. The zero-order valence-electron chi connectivity index (χ0n) is 19.3. The fourth-order valence-electron chi connectivity index (χ4n) is 4.62. The van der Waals surface area contributed by atoms with Crippen LogP contribution in [0, 0.1) is 0 Å². The third kappa shape index (κ3) is 3.81. The van der Waals surface area contributed by atoms with Crippen molar-refractivity contribution in [2.75, 3.05) is 18.5 Å². The summed E-state index contributed by atoms with van der Waals surface area (Å²) in [5, 5.41) is 2.61. The van der Waals surface area contributed by atoms with Gasteiger partial charge in [-0.25, -0.2) is 4.79 Å². The van der Waals surface area contributed by atoms with Crippen LogP contribution in [0.15, 0.2) is 60.3 Å². The van der Waals surface area contributed by atoms with Gasteiger partial charge < -0.3 is 15.0 Å². The Labute approximate surface area is 196 Å². The molecule has 0 bridgehead atoms. The molecule has 0 radical (unpaired) electrons. The number of imide groups is 1. The zero-order valence-corrected chi connectivity index (χ0v) is 19.3. The average molecular weight is 469 g/mol. The van der Waals surface area contributed by atoms with Crippen molar-refractivity contribution in [3.63, 3.8) is 0 Å². The summed E-state index contributed by atoms with van der Waals surface area (Å²) in [6, 6.07) is 12.6. The summed E-state index contributed by atoms with van der Waals surface area (Å²) >= 11 is 0. The summed E-state index contributed by atoms with van der Waals surface area (Å²) in [6.45, 7) is 2.14. The molecule has 34 heavy (non-hydrogen) atoms. The van der Waals surface area contributed by atoms with E-state index in [0.29, 0.717) is 5.56 Å². The van der Waals surface area contributed by atoms with Gasteiger partial charge in [0.2, 0.25) is 0 Å². The van der Waals surface area contributed by atoms with Gasteiger partial charge in [-0.2, -0.15) is 8.78 Å². The topological polar surface area (TPSA) is 79.0 Å². The first-order valence-electron chi connectivity index (χ1n) is 10.7. The highest BCUT2D eigenvalue weighted by atomic mass is 19.3. The Kier molecular flexibility index (Phi) is 5.67. The van der Waals surface area contributed by atoms with Gasteiger partial charge in [0.1, 0.15) is 11.3 Å². The van der Waals surface area contributed by atoms with E-state index in [0.717, 1.165) is 21.8 Å². The molecular weight excluding hydrogens is 444 g/mol. The quantitative estimate of drug-likeness (QED) is 0.512. The molecule has 2 aromatic carbocycles. The first-order valence-corrected chi connectivity index (χ1v) is 10.7. The molecule has 9 heteroatoms. The number of hydrogen-bond donors (Lipinski definition) is 1. The van der Waals surface area contributed by atoms with Gasteiger partial charge >= 0.3 is 12.6 Å². The van der Waals surface area contributed by atoms with Gasteiger partial charge in [-0.05, 0) is 36.2 Å². The van der Waals surface area contributed by atoms with Crippen LogP contribution in [0.25, 0.3) is 0 Å². The maximum atomic E-state index is 13.2. The number of hydrogen-bond acceptors (Lipinski definition) is 5. The maximum Gasteiger partial charge on any atom is 0.387 e. The van der Waals surface area contributed by atoms with Gasteiger partial charge in [-0.15, -0.1) is 0 Å². The molecule has 2 aromatic rings. The Bertz CT molecular complexity index is 1190. The Morgan fingerprint density at radius 3 is 2.35 bits per heavy atom. The number of rotatable bonds is 6. The highest BCUT2D eigenvalue weighted by molar-refractivity contribution is 6.10. The largest absolute Gasteiger partial charge is 0.435 e. The maximum absolute atomic E-state index is 13.2. The fraction of sp³-hybridized carbons (Fsp3) is 0.320. The van der Waals surface area contributed by atoms with Crippen molar-refractivity contribution in [3.05, 3.63) is 71.4 Å². The molecule has 4 rings (SSSR count). The Balaban J connectivity index is 1.53. The fourth-order valence-corrected chi connectivity index (χ4v) is 4.62. The molecule has 0 aliphatic carbocycles. The molecule has 1 atom stereocenters. The van der Waals surface area contributed by atoms with Gasteiger partial charge in [0, 0.05) is 29.9 Å². The number of ketones is 1. The molecule has 0 aromatic heterocycles. The van der Waals surface area contributed by atoms with Crippen molar-refractivity contribution in [2.45, 2.75) is 38.3 Å². The molecule has 1 fully saturated rings. The van der Waals surface area contributed by atoms with Crippen molar-refractivity contribution in [3.8, 4) is 5.75 Å². The number of likely N-dealkylation sites (N-methyl/N-ethyl adjacent to an activating group) is 1. The molecule has 2 aliphatic rings. The molecule has 2 aliphatic heterocycles. The van der Waals surface area contributed by atoms with Crippen LogP contribution < -0.4 is 15.0 Å². The van der Waals surface area contributed by atoms with E-state index in [2.05, 4.69) is 10.1 Å². The van der Waals surface area contributed by atoms with Crippen molar-refractivity contribution >= 4 is 23.4 Å². The van der Waals surface area contributed by atoms with Crippen LogP contribution in [0.4, 0.5) is 19.3 Å². The molecule has 0 unspecified atom stereocenters. The first kappa shape index (κ1) is 23.4. The molecule has 0 saturated carbocycles. The van der Waals surface area contributed by atoms with Crippen LogP contribution in [0.1, 0.15) is 31.9 Å². The number of urea groups is 1. The Morgan fingerprint density at radius 2 is 1.74 bits per heavy atom. The monoisotopic (exact) mass is 469 g/mol. The number of para-hydroxylation sites is 1. The van der Waals surface area contributed by atoms with E-state index >= 15 is 0 Å². The van der Waals surface area contributed by atoms with Crippen LogP contribution in [0.2, 0.25) is 0 Å². The number of fused-ring (bicyclic) bond motifs is 1. The number of anilines is 1. The normalized spacial score (nSPS) is 22.4. The van der Waals surface area contributed by atoms with E-state index < -0.39 is 41.8 Å². The smallest absolute Gasteiger partial charge is 0.387 e. The van der Waals surface area contributed by atoms with Gasteiger partial charge in [0.05, 0.1) is 6.54 Å². The van der Waals surface area contributed by atoms with Crippen LogP contribution in [0.5, 0.6) is 5.75 Å². The van der Waals surface area contributed by atoms with E-state index in [1.165, 1.54) is 37.3 Å². The van der Waals surface area contributed by atoms with Gasteiger partial charge in [-0.1, -0.05) is 44.2 Å². The summed E-state index contributed by atoms with van der Waals surface area (Å²) in [5.41, 5.74) is 1.37. The van der Waals surface area contributed by atoms with E-state index in [1.54, 1.807) is 0 Å². The lowest BCUT2D eigenvalue weighted by atomic mass is 9.83. The molecule has 1 N–H and O–H groups in total. The first-order chi connectivity index (χ1) is 15.9. The molecule has 1 saturated heterocycles. The Hall–Kier alpha value is -3.75. The number of nitrogens with one attached hydrogen (secondary N) is 1. The van der Waals surface area contributed by atoms with Crippen LogP contribution in [-0.4, -0.2) is 42.8 Å². The second kappa shape index (κ2) is 8.23. The second-order valence-electron chi connectivity index (χ2n) is 9.05. The van der Waals surface area contributed by atoms with E-state index in [1.807, 2.05) is 50.1 Å². The highest BCUT2D eigenvalue weighted by Gasteiger charge is 2.49. The van der Waals surface area contributed by atoms with Crippen molar-refractivity contribution in [1.29, 1.82) is 0 Å². The van der Waals surface area contributed by atoms with E-state index in [-0.39, 0.29) is 5.75 Å². The SMILES string of the molecule is CN1/C(=C\C(=O)CN2C(=O)N[C@](C)(c3ccc(OC(F)F)cc3)C2=O)C(C)(C)c2ccccc21. The van der Waals surface area contributed by atoms with Crippen LogP contribution >= 0.6 is 0 Å². The average Bonchev–Trinajstić information content (AvgIpc) is 3.11. The number of benzene rings is 2. The summed E-state index contributed by atoms with van der Waals surface area (Å²) in [5.74, 6) is -1.06. The number of ether oxygens (including phenoxy) is 1. The molecule has 7 nitrogen and oxygen atoms in total. The lowest BCUT2D eigenvalue weighted by molar-refractivity contribution is -0.133. The number of carbonyl (C=O) groups excluding carboxylic acids is 3. The second-order valence-corrected chi connectivity index (χ2v) is 9.05. The molecule has 3 amide bonds. The number of nitrogens with zero attached hydrogens (tertiary/aromatic N) is 2. The summed E-state index contributed by atoms with van der Waals surface area (Å²) in [7, 11) is 1.87. The number of halogens is 2.